The number of carbonyl (C=O) groups is 1. The number of aryl methyl sites for hydroxylation is 1. The molecule has 5 rings (SSSR count). The van der Waals surface area contributed by atoms with Crippen LogP contribution in [0.25, 0.3) is 0 Å². The van der Waals surface area contributed by atoms with Crippen molar-refractivity contribution in [3.8, 4) is 5.75 Å². The number of benzene rings is 2. The summed E-state index contributed by atoms with van der Waals surface area (Å²) in [5.41, 5.74) is 4.86. The number of carbonyl (C=O) groups excluding carboxylic acids is 1. The number of fused-ring (bicyclic) bond motifs is 5. The monoisotopic (exact) mass is 401 g/mol. The van der Waals surface area contributed by atoms with Gasteiger partial charge in [-0.2, -0.15) is 0 Å². The van der Waals surface area contributed by atoms with Crippen molar-refractivity contribution in [2.75, 3.05) is 12.4 Å². The predicted molar refractivity (Wildman–Crippen MR) is 121 cm³/mol. The minimum atomic E-state index is -0.0255. The molecule has 3 heteroatoms. The number of hydrogen-bond donors (Lipinski definition) is 1. The number of nitrogens with one attached hydrogen (secondary N) is 1. The van der Waals surface area contributed by atoms with Gasteiger partial charge in [-0.15, -0.1) is 0 Å². The first kappa shape index (κ1) is 19.4. The molecular formula is C27H31NO2. The van der Waals surface area contributed by atoms with Crippen LogP contribution in [-0.2, 0) is 11.2 Å². The quantitative estimate of drug-likeness (QED) is 0.673. The van der Waals surface area contributed by atoms with Crippen LogP contribution in [-0.4, -0.2) is 13.0 Å². The van der Waals surface area contributed by atoms with Gasteiger partial charge >= 0.3 is 0 Å². The van der Waals surface area contributed by atoms with E-state index in [1.54, 1.807) is 7.11 Å². The largest absolute Gasteiger partial charge is 0.497 e. The van der Waals surface area contributed by atoms with E-state index >= 15 is 0 Å². The van der Waals surface area contributed by atoms with Gasteiger partial charge < -0.3 is 10.1 Å². The Labute approximate surface area is 179 Å². The lowest BCUT2D eigenvalue weighted by molar-refractivity contribution is -0.115. The van der Waals surface area contributed by atoms with Gasteiger partial charge in [-0.25, -0.2) is 0 Å². The lowest BCUT2D eigenvalue weighted by Crippen LogP contribution is -2.47. The summed E-state index contributed by atoms with van der Waals surface area (Å²) in [5.74, 6) is 2.92. The van der Waals surface area contributed by atoms with Gasteiger partial charge in [0.25, 0.3) is 5.91 Å². The zero-order valence-corrected chi connectivity index (χ0v) is 18.0. The third-order valence-corrected chi connectivity index (χ3v) is 8.04. The molecule has 1 N–H and O–H groups in total. The molecule has 0 aromatic heterocycles. The average molecular weight is 402 g/mol. The number of anilines is 1. The Morgan fingerprint density at radius 3 is 2.73 bits per heavy atom. The molecule has 2 aromatic rings. The highest BCUT2D eigenvalue weighted by Crippen LogP contribution is 2.60. The van der Waals surface area contributed by atoms with Crippen molar-refractivity contribution in [2.45, 2.75) is 51.4 Å². The summed E-state index contributed by atoms with van der Waals surface area (Å²) in [6.07, 6.45) is 9.01. The Hall–Kier alpha value is -2.55. The van der Waals surface area contributed by atoms with Crippen LogP contribution in [0.2, 0.25) is 0 Å². The number of hydrogen-bond acceptors (Lipinski definition) is 2. The minimum Gasteiger partial charge on any atom is -0.497 e. The molecule has 1 amide bonds. The molecule has 3 aliphatic rings. The number of allylic oxidation sites excluding steroid dienone is 1. The lowest BCUT2D eigenvalue weighted by Gasteiger charge is -2.54. The highest BCUT2D eigenvalue weighted by molar-refractivity contribution is 6.04. The van der Waals surface area contributed by atoms with Crippen LogP contribution in [0.5, 0.6) is 5.75 Å². The summed E-state index contributed by atoms with van der Waals surface area (Å²) in [6, 6.07) is 16.5. The molecular weight excluding hydrogens is 370 g/mol. The fourth-order valence-corrected chi connectivity index (χ4v) is 6.59. The van der Waals surface area contributed by atoms with E-state index in [1.807, 2.05) is 30.3 Å². The van der Waals surface area contributed by atoms with Crippen molar-refractivity contribution < 1.29 is 9.53 Å². The number of para-hydroxylation sites is 1. The maximum absolute atomic E-state index is 13.3. The van der Waals surface area contributed by atoms with Gasteiger partial charge in [0.1, 0.15) is 5.75 Å². The molecule has 0 heterocycles. The first-order valence-electron chi connectivity index (χ1n) is 11.3. The van der Waals surface area contributed by atoms with E-state index in [0.717, 1.165) is 42.7 Å². The molecule has 3 aliphatic carbocycles. The number of amides is 1. The predicted octanol–water partition coefficient (Wildman–Crippen LogP) is 6.12. The SMILES string of the molecule is COc1ccc2c(c1)CC[C@@H]1[C@@H]2CC[C@]2(C)C(C(=O)Nc3ccccc3)=CCC[C@@H]12. The van der Waals surface area contributed by atoms with Crippen molar-refractivity contribution in [3.05, 3.63) is 71.3 Å². The van der Waals surface area contributed by atoms with Crippen LogP contribution in [0.1, 0.15) is 56.1 Å². The zero-order valence-electron chi connectivity index (χ0n) is 18.0. The summed E-state index contributed by atoms with van der Waals surface area (Å²) >= 11 is 0. The Morgan fingerprint density at radius 2 is 1.93 bits per heavy atom. The Morgan fingerprint density at radius 1 is 1.10 bits per heavy atom. The zero-order chi connectivity index (χ0) is 20.7. The Bertz CT molecular complexity index is 980. The van der Waals surface area contributed by atoms with E-state index in [9.17, 15) is 4.79 Å². The standard InChI is InChI=1S/C27H31NO2/c1-27-16-15-22-21-14-12-20(30-2)17-18(21)11-13-23(22)24(27)9-6-10-25(27)26(29)28-19-7-4-3-5-8-19/h3-5,7-8,10,12,14,17,22-24H,6,9,11,13,15-16H2,1-2H3,(H,28,29)/t22-,23-,24+,27+/m1/s1. The molecule has 0 spiro atoms. The summed E-state index contributed by atoms with van der Waals surface area (Å²) in [4.78, 5) is 13.3. The topological polar surface area (TPSA) is 38.3 Å². The van der Waals surface area contributed by atoms with E-state index < -0.39 is 0 Å². The van der Waals surface area contributed by atoms with E-state index in [2.05, 4.69) is 36.5 Å². The minimum absolute atomic E-state index is 0.0255. The third kappa shape index (κ3) is 3.15. The van der Waals surface area contributed by atoms with Gasteiger partial charge in [0.15, 0.2) is 0 Å². The fourth-order valence-electron chi connectivity index (χ4n) is 6.59. The normalized spacial score (nSPS) is 29.7. The second kappa shape index (κ2) is 7.61. The van der Waals surface area contributed by atoms with Crippen molar-refractivity contribution >= 4 is 11.6 Å². The van der Waals surface area contributed by atoms with Crippen molar-refractivity contribution in [3.63, 3.8) is 0 Å². The van der Waals surface area contributed by atoms with Crippen molar-refractivity contribution in [2.24, 2.45) is 17.3 Å². The van der Waals surface area contributed by atoms with Crippen LogP contribution in [0, 0.1) is 17.3 Å². The molecule has 1 saturated carbocycles. The number of methoxy groups -OCH3 is 1. The molecule has 3 nitrogen and oxygen atoms in total. The highest BCUT2D eigenvalue weighted by atomic mass is 16.5. The van der Waals surface area contributed by atoms with Gasteiger partial charge in [0, 0.05) is 16.7 Å². The molecule has 0 radical (unpaired) electrons. The molecule has 30 heavy (non-hydrogen) atoms. The Kier molecular flexibility index (Phi) is 4.92. The third-order valence-electron chi connectivity index (χ3n) is 8.04. The van der Waals surface area contributed by atoms with E-state index in [4.69, 9.17) is 4.74 Å². The van der Waals surface area contributed by atoms with Crippen molar-refractivity contribution in [1.29, 1.82) is 0 Å². The highest BCUT2D eigenvalue weighted by Gasteiger charge is 2.51. The van der Waals surface area contributed by atoms with E-state index in [1.165, 1.54) is 24.0 Å². The van der Waals surface area contributed by atoms with Gasteiger partial charge in [-0.1, -0.05) is 37.3 Å². The summed E-state index contributed by atoms with van der Waals surface area (Å²) in [5, 5.41) is 3.15. The summed E-state index contributed by atoms with van der Waals surface area (Å²) in [7, 11) is 1.75. The Balaban J connectivity index is 1.41. The van der Waals surface area contributed by atoms with Crippen LogP contribution >= 0.6 is 0 Å². The second-order valence-corrected chi connectivity index (χ2v) is 9.45. The molecule has 0 bridgehead atoms. The first-order valence-corrected chi connectivity index (χ1v) is 11.3. The first-order chi connectivity index (χ1) is 14.6. The van der Waals surface area contributed by atoms with Crippen molar-refractivity contribution in [1.82, 2.24) is 0 Å². The molecule has 156 valence electrons. The number of rotatable bonds is 3. The molecule has 0 saturated heterocycles. The summed E-state index contributed by atoms with van der Waals surface area (Å²) in [6.45, 7) is 2.35. The molecule has 4 atom stereocenters. The summed E-state index contributed by atoms with van der Waals surface area (Å²) < 4.78 is 5.46. The van der Waals surface area contributed by atoms with Gasteiger partial charge in [0.05, 0.1) is 7.11 Å². The maximum Gasteiger partial charge on any atom is 0.251 e. The van der Waals surface area contributed by atoms with E-state index in [-0.39, 0.29) is 11.3 Å². The molecule has 2 aromatic carbocycles. The van der Waals surface area contributed by atoms with Crippen LogP contribution in [0.15, 0.2) is 60.2 Å². The maximum atomic E-state index is 13.3. The van der Waals surface area contributed by atoms with Gasteiger partial charge in [0.2, 0.25) is 0 Å². The smallest absolute Gasteiger partial charge is 0.251 e. The molecule has 0 aliphatic heterocycles. The van der Waals surface area contributed by atoms with Crippen LogP contribution in [0.4, 0.5) is 5.69 Å². The average Bonchev–Trinajstić information content (AvgIpc) is 2.78. The van der Waals surface area contributed by atoms with Crippen LogP contribution in [0.3, 0.4) is 0 Å². The molecule has 0 unspecified atom stereocenters. The molecule has 1 fully saturated rings. The fraction of sp³-hybridized carbons (Fsp3) is 0.444. The van der Waals surface area contributed by atoms with Gasteiger partial charge in [-0.05, 0) is 91.7 Å². The van der Waals surface area contributed by atoms with E-state index in [0.29, 0.717) is 17.8 Å². The second-order valence-electron chi connectivity index (χ2n) is 9.45. The number of ether oxygens (including phenoxy) is 1. The lowest BCUT2D eigenvalue weighted by atomic mass is 9.50. The van der Waals surface area contributed by atoms with Gasteiger partial charge in [-0.3, -0.25) is 4.79 Å². The van der Waals surface area contributed by atoms with Crippen LogP contribution < -0.4 is 10.1 Å².